The smallest absolute Gasteiger partial charge is 0.246 e. The molecule has 32 heavy (non-hydrogen) atoms. The number of carbonyl (C=O) groups is 1. The Labute approximate surface area is 184 Å². The number of fused-ring (bicyclic) bond motifs is 1. The Hall–Kier alpha value is -4.00. The maximum absolute atomic E-state index is 13.4. The Bertz CT molecular complexity index is 1300. The Morgan fingerprint density at radius 2 is 2.00 bits per heavy atom. The molecule has 1 saturated heterocycles. The summed E-state index contributed by atoms with van der Waals surface area (Å²) < 4.78 is 21.1. The zero-order valence-corrected chi connectivity index (χ0v) is 17.3. The van der Waals surface area contributed by atoms with E-state index in [-0.39, 0.29) is 17.8 Å². The average molecular weight is 428 g/mol. The van der Waals surface area contributed by atoms with Gasteiger partial charge in [-0.25, -0.2) is 4.39 Å². The molecule has 3 heterocycles. The summed E-state index contributed by atoms with van der Waals surface area (Å²) in [6.07, 6.45) is 5.75. The lowest BCUT2D eigenvalue weighted by Crippen LogP contribution is -2.27. The van der Waals surface area contributed by atoms with Gasteiger partial charge in [0.05, 0.1) is 11.6 Å². The molecule has 1 fully saturated rings. The second kappa shape index (κ2) is 8.26. The number of carbonyl (C=O) groups excluding carboxylic acids is 1. The fourth-order valence-corrected chi connectivity index (χ4v) is 4.09. The number of aromatic nitrogens is 3. The highest BCUT2D eigenvalue weighted by Gasteiger charge is 2.28. The van der Waals surface area contributed by atoms with E-state index in [2.05, 4.69) is 11.6 Å². The van der Waals surface area contributed by atoms with Crippen molar-refractivity contribution in [1.82, 2.24) is 19.7 Å². The Kier molecular flexibility index (Phi) is 5.15. The first kappa shape index (κ1) is 19.9. The highest BCUT2D eigenvalue weighted by Crippen LogP contribution is 2.33. The number of nitrogens with zero attached hydrogens (tertiary/aromatic N) is 4. The summed E-state index contributed by atoms with van der Waals surface area (Å²) in [4.78, 5) is 18.1. The van der Waals surface area contributed by atoms with E-state index in [1.165, 1.54) is 18.2 Å². The lowest BCUT2D eigenvalue weighted by molar-refractivity contribution is -0.125. The molecule has 1 aliphatic heterocycles. The third kappa shape index (κ3) is 3.73. The van der Waals surface area contributed by atoms with Crippen LogP contribution in [0.1, 0.15) is 12.5 Å². The van der Waals surface area contributed by atoms with E-state index in [4.69, 9.17) is 9.84 Å². The fourth-order valence-electron chi connectivity index (χ4n) is 4.09. The number of halogens is 1. The molecular weight excluding hydrogens is 407 g/mol. The lowest BCUT2D eigenvalue weighted by atomic mass is 10.1. The van der Waals surface area contributed by atoms with Crippen molar-refractivity contribution in [1.29, 1.82) is 0 Å². The van der Waals surface area contributed by atoms with Crippen LogP contribution >= 0.6 is 0 Å². The van der Waals surface area contributed by atoms with Crippen molar-refractivity contribution in [3.63, 3.8) is 0 Å². The number of benzene rings is 2. The minimum Gasteiger partial charge on any atom is -0.457 e. The molecule has 1 atom stereocenters. The van der Waals surface area contributed by atoms with Crippen LogP contribution in [0.3, 0.4) is 0 Å². The van der Waals surface area contributed by atoms with Crippen LogP contribution in [0.4, 0.5) is 4.39 Å². The van der Waals surface area contributed by atoms with Gasteiger partial charge in [0.1, 0.15) is 23.0 Å². The molecule has 1 amide bonds. The Morgan fingerprint density at radius 3 is 2.78 bits per heavy atom. The molecule has 0 N–H and O–H groups in total. The maximum Gasteiger partial charge on any atom is 0.246 e. The largest absolute Gasteiger partial charge is 0.457 e. The van der Waals surface area contributed by atoms with Crippen LogP contribution < -0.4 is 4.74 Å². The topological polar surface area (TPSA) is 60.2 Å². The summed E-state index contributed by atoms with van der Waals surface area (Å²) in [5.74, 6) is 0.649. The van der Waals surface area contributed by atoms with Crippen LogP contribution in [0.5, 0.6) is 11.5 Å². The van der Waals surface area contributed by atoms with E-state index in [0.29, 0.717) is 24.6 Å². The monoisotopic (exact) mass is 428 g/mol. The van der Waals surface area contributed by atoms with Crippen molar-refractivity contribution >= 4 is 16.8 Å². The summed E-state index contributed by atoms with van der Waals surface area (Å²) in [7, 11) is 0. The number of hydrogen-bond acceptors (Lipinski definition) is 4. The molecule has 6 nitrogen and oxygen atoms in total. The molecule has 7 heteroatoms. The lowest BCUT2D eigenvalue weighted by Gasteiger charge is -2.15. The van der Waals surface area contributed by atoms with Gasteiger partial charge < -0.3 is 9.64 Å². The second-order valence-corrected chi connectivity index (χ2v) is 7.70. The number of pyridine rings is 1. The quantitative estimate of drug-likeness (QED) is 0.420. The van der Waals surface area contributed by atoms with Gasteiger partial charge in [0.2, 0.25) is 5.91 Å². The summed E-state index contributed by atoms with van der Waals surface area (Å²) >= 11 is 0. The molecular formula is C25H21FN4O2. The van der Waals surface area contributed by atoms with E-state index in [1.807, 2.05) is 41.2 Å². The summed E-state index contributed by atoms with van der Waals surface area (Å²) in [6, 6.07) is 15.6. The molecule has 0 aliphatic carbocycles. The van der Waals surface area contributed by atoms with E-state index in [1.54, 1.807) is 23.2 Å². The van der Waals surface area contributed by atoms with Gasteiger partial charge in [-0.3, -0.25) is 14.5 Å². The van der Waals surface area contributed by atoms with Gasteiger partial charge >= 0.3 is 0 Å². The molecule has 0 bridgehead atoms. The molecule has 0 saturated carbocycles. The first-order chi connectivity index (χ1) is 15.6. The van der Waals surface area contributed by atoms with Gasteiger partial charge in [-0.05, 0) is 55.0 Å². The normalized spacial score (nSPS) is 15.8. The van der Waals surface area contributed by atoms with E-state index < -0.39 is 0 Å². The highest BCUT2D eigenvalue weighted by atomic mass is 19.1. The van der Waals surface area contributed by atoms with Crippen molar-refractivity contribution in [2.24, 2.45) is 0 Å². The summed E-state index contributed by atoms with van der Waals surface area (Å²) in [6.45, 7) is 4.87. The summed E-state index contributed by atoms with van der Waals surface area (Å²) in [5.41, 5.74) is 2.72. The number of hydrogen-bond donors (Lipinski definition) is 0. The Balaban J connectivity index is 1.45. The first-order valence-corrected chi connectivity index (χ1v) is 10.4. The van der Waals surface area contributed by atoms with E-state index in [9.17, 15) is 9.18 Å². The molecule has 2 aromatic carbocycles. The van der Waals surface area contributed by atoms with Crippen LogP contribution in [-0.2, 0) is 4.79 Å². The standard InChI is InChI=1S/C25H21FN4O2/c1-2-24(31)29-13-11-19(16-29)30-23-10-12-27-15-22(23)25(28-30)17-6-8-20(9-7-17)32-21-5-3-4-18(26)14-21/h2-10,12,14-15,19H,1,11,13,16H2/t19-/m1/s1. The minimum atomic E-state index is -0.344. The van der Waals surface area contributed by atoms with Gasteiger partial charge in [0, 0.05) is 42.5 Å². The zero-order valence-electron chi connectivity index (χ0n) is 17.3. The van der Waals surface area contributed by atoms with Gasteiger partial charge in [-0.2, -0.15) is 5.10 Å². The third-order valence-electron chi connectivity index (χ3n) is 5.66. The molecule has 1 aliphatic rings. The minimum absolute atomic E-state index is 0.0558. The number of amides is 1. The predicted molar refractivity (Wildman–Crippen MR) is 120 cm³/mol. The van der Waals surface area contributed by atoms with Gasteiger partial charge in [0.25, 0.3) is 0 Å². The van der Waals surface area contributed by atoms with Crippen molar-refractivity contribution in [2.75, 3.05) is 13.1 Å². The molecule has 2 aromatic heterocycles. The van der Waals surface area contributed by atoms with Gasteiger partial charge in [-0.1, -0.05) is 12.6 Å². The number of rotatable bonds is 5. The average Bonchev–Trinajstić information content (AvgIpc) is 3.44. The van der Waals surface area contributed by atoms with Crippen LogP contribution in [0.15, 0.2) is 79.6 Å². The number of likely N-dealkylation sites (tertiary alicyclic amines) is 1. The molecule has 0 spiro atoms. The van der Waals surface area contributed by atoms with E-state index in [0.717, 1.165) is 28.6 Å². The summed E-state index contributed by atoms with van der Waals surface area (Å²) in [5, 5.41) is 5.85. The van der Waals surface area contributed by atoms with Crippen molar-refractivity contribution < 1.29 is 13.9 Å². The van der Waals surface area contributed by atoms with Crippen LogP contribution in [0, 0.1) is 5.82 Å². The van der Waals surface area contributed by atoms with Crippen molar-refractivity contribution in [3.8, 4) is 22.8 Å². The van der Waals surface area contributed by atoms with Crippen LogP contribution in [0.2, 0.25) is 0 Å². The van der Waals surface area contributed by atoms with Crippen LogP contribution in [-0.4, -0.2) is 38.7 Å². The molecule has 0 unspecified atom stereocenters. The van der Waals surface area contributed by atoms with E-state index >= 15 is 0 Å². The first-order valence-electron chi connectivity index (χ1n) is 10.4. The Morgan fingerprint density at radius 1 is 1.16 bits per heavy atom. The van der Waals surface area contributed by atoms with Crippen molar-refractivity contribution in [2.45, 2.75) is 12.5 Å². The number of ether oxygens (including phenoxy) is 1. The SMILES string of the molecule is C=CC(=O)N1CC[C@@H](n2nc(-c3ccc(Oc4cccc(F)c4)cc3)c3cnccc32)C1. The zero-order chi connectivity index (χ0) is 22.1. The second-order valence-electron chi connectivity index (χ2n) is 7.70. The fraction of sp³-hybridized carbons (Fsp3) is 0.160. The predicted octanol–water partition coefficient (Wildman–Crippen LogP) is 4.99. The molecule has 5 rings (SSSR count). The van der Waals surface area contributed by atoms with Gasteiger partial charge in [0.15, 0.2) is 0 Å². The highest BCUT2D eigenvalue weighted by molar-refractivity contribution is 5.93. The van der Waals surface area contributed by atoms with Crippen LogP contribution in [0.25, 0.3) is 22.2 Å². The molecule has 0 radical (unpaired) electrons. The maximum atomic E-state index is 13.4. The van der Waals surface area contributed by atoms with Gasteiger partial charge in [-0.15, -0.1) is 0 Å². The third-order valence-corrected chi connectivity index (χ3v) is 5.66. The molecule has 4 aromatic rings. The molecule has 160 valence electrons. The van der Waals surface area contributed by atoms with Crippen molar-refractivity contribution in [3.05, 3.63) is 85.5 Å².